The van der Waals surface area contributed by atoms with Crippen LogP contribution in [0.15, 0.2) is 42.9 Å². The van der Waals surface area contributed by atoms with Crippen LogP contribution in [0.1, 0.15) is 29.0 Å². The van der Waals surface area contributed by atoms with Gasteiger partial charge in [-0.15, -0.1) is 0 Å². The van der Waals surface area contributed by atoms with Gasteiger partial charge in [0.2, 0.25) is 0 Å². The van der Waals surface area contributed by atoms with Gasteiger partial charge in [-0.3, -0.25) is 9.59 Å². The van der Waals surface area contributed by atoms with Crippen LogP contribution in [0.3, 0.4) is 0 Å². The second kappa shape index (κ2) is 6.69. The van der Waals surface area contributed by atoms with Gasteiger partial charge in [-0.25, -0.2) is 4.98 Å². The molecule has 1 aromatic carbocycles. The summed E-state index contributed by atoms with van der Waals surface area (Å²) in [5.41, 5.74) is 1.18. The van der Waals surface area contributed by atoms with E-state index < -0.39 is 12.0 Å². The van der Waals surface area contributed by atoms with Crippen molar-refractivity contribution >= 4 is 11.9 Å². The summed E-state index contributed by atoms with van der Waals surface area (Å²) in [4.78, 5) is 30.5. The Morgan fingerprint density at radius 1 is 1.29 bits per heavy atom. The number of rotatable bonds is 5. The lowest BCUT2D eigenvalue weighted by Crippen LogP contribution is -2.36. The zero-order valence-corrected chi connectivity index (χ0v) is 11.9. The number of amides is 1. The van der Waals surface area contributed by atoms with Crippen molar-refractivity contribution in [1.29, 1.82) is 0 Å². The third-order valence-electron chi connectivity index (χ3n) is 3.26. The first kappa shape index (κ1) is 14.8. The molecule has 2 N–H and O–H groups in total. The molecule has 6 nitrogen and oxygen atoms in total. The maximum Gasteiger partial charge on any atom is 0.310 e. The van der Waals surface area contributed by atoms with Crippen LogP contribution in [-0.4, -0.2) is 29.0 Å². The average molecular weight is 287 g/mol. The Morgan fingerprint density at radius 2 is 2.00 bits per heavy atom. The molecule has 0 aliphatic rings. The number of hydrogen-bond acceptors (Lipinski definition) is 4. The number of benzene rings is 1. The number of hydrogen-bond donors (Lipinski definition) is 2. The van der Waals surface area contributed by atoms with E-state index >= 15 is 0 Å². The van der Waals surface area contributed by atoms with Crippen molar-refractivity contribution in [3.63, 3.8) is 0 Å². The minimum atomic E-state index is -0.510. The van der Waals surface area contributed by atoms with Crippen LogP contribution in [0.4, 0.5) is 0 Å². The monoisotopic (exact) mass is 287 g/mol. The number of carbonyl (C=O) groups is 2. The van der Waals surface area contributed by atoms with E-state index in [0.717, 1.165) is 5.56 Å². The number of esters is 1. The molecule has 1 amide bonds. The molecular formula is C15H17N3O3. The fourth-order valence-corrected chi connectivity index (χ4v) is 2.08. The molecule has 0 fully saturated rings. The lowest BCUT2D eigenvalue weighted by Gasteiger charge is -2.23. The van der Waals surface area contributed by atoms with Gasteiger partial charge in [-0.2, -0.15) is 0 Å². The number of methoxy groups -OCH3 is 1. The summed E-state index contributed by atoms with van der Waals surface area (Å²) in [7, 11) is 1.33. The van der Waals surface area contributed by atoms with Crippen molar-refractivity contribution in [3.05, 3.63) is 54.1 Å². The Kier molecular flexibility index (Phi) is 4.71. The van der Waals surface area contributed by atoms with Gasteiger partial charge >= 0.3 is 5.97 Å². The number of H-pyrrole nitrogens is 1. The van der Waals surface area contributed by atoms with E-state index in [2.05, 4.69) is 15.3 Å². The highest BCUT2D eigenvalue weighted by molar-refractivity contribution is 5.92. The van der Waals surface area contributed by atoms with Crippen molar-refractivity contribution < 1.29 is 14.3 Å². The molecule has 0 radical (unpaired) electrons. The van der Waals surface area contributed by atoms with Gasteiger partial charge in [0.05, 0.1) is 31.6 Å². The van der Waals surface area contributed by atoms with E-state index in [4.69, 9.17) is 4.74 Å². The molecule has 2 atom stereocenters. The molecule has 0 saturated carbocycles. The summed E-state index contributed by atoms with van der Waals surface area (Å²) in [6.07, 6.45) is 2.86. The molecule has 110 valence electrons. The molecule has 0 spiro atoms. The second-order valence-corrected chi connectivity index (χ2v) is 4.64. The predicted octanol–water partition coefficient (Wildman–Crippen LogP) is 1.69. The van der Waals surface area contributed by atoms with Gasteiger partial charge in [0.25, 0.3) is 5.91 Å². The molecule has 2 aromatic rings. The summed E-state index contributed by atoms with van der Waals surface area (Å²) < 4.78 is 4.78. The van der Waals surface area contributed by atoms with Crippen LogP contribution in [0, 0.1) is 5.92 Å². The maximum atomic E-state index is 12.2. The second-order valence-electron chi connectivity index (χ2n) is 4.64. The van der Waals surface area contributed by atoms with E-state index in [1.807, 2.05) is 30.3 Å². The summed E-state index contributed by atoms with van der Waals surface area (Å²) in [6.45, 7) is 1.72. The van der Waals surface area contributed by atoms with Crippen LogP contribution >= 0.6 is 0 Å². The number of ether oxygens (including phenoxy) is 1. The highest BCUT2D eigenvalue weighted by Gasteiger charge is 2.28. The van der Waals surface area contributed by atoms with Gasteiger partial charge in [0, 0.05) is 0 Å². The van der Waals surface area contributed by atoms with Crippen molar-refractivity contribution in [2.24, 2.45) is 5.92 Å². The number of aromatic nitrogens is 2. The smallest absolute Gasteiger partial charge is 0.310 e. The Hall–Kier alpha value is -2.63. The molecule has 21 heavy (non-hydrogen) atoms. The van der Waals surface area contributed by atoms with E-state index in [1.54, 1.807) is 6.92 Å². The van der Waals surface area contributed by atoms with E-state index in [9.17, 15) is 9.59 Å². The standard InChI is InChI=1S/C15H17N3O3/c1-10(15(20)21-2)13(11-6-4-3-5-7-11)18-14(19)12-8-16-9-17-12/h3-10,13H,1-2H3,(H,16,17)(H,18,19)/t10-,13-/m0/s1. The largest absolute Gasteiger partial charge is 0.469 e. The first-order valence-corrected chi connectivity index (χ1v) is 6.55. The molecule has 2 rings (SSSR count). The maximum absolute atomic E-state index is 12.2. The van der Waals surface area contributed by atoms with E-state index in [1.165, 1.54) is 19.6 Å². The normalized spacial score (nSPS) is 13.2. The SMILES string of the molecule is COC(=O)[C@@H](C)[C@H](NC(=O)c1cnc[nH]1)c1ccccc1. The van der Waals surface area contributed by atoms with Gasteiger partial charge in [0.15, 0.2) is 0 Å². The van der Waals surface area contributed by atoms with Gasteiger partial charge < -0.3 is 15.0 Å². The molecule has 0 unspecified atom stereocenters. The summed E-state index contributed by atoms with van der Waals surface area (Å²) in [6, 6.07) is 8.83. The average Bonchev–Trinajstić information content (AvgIpc) is 3.06. The zero-order valence-electron chi connectivity index (χ0n) is 11.9. The molecule has 6 heteroatoms. The number of nitrogens with one attached hydrogen (secondary N) is 2. The summed E-state index contributed by atoms with van der Waals surface area (Å²) in [5, 5.41) is 2.84. The van der Waals surface area contributed by atoms with Crippen LogP contribution in [-0.2, 0) is 9.53 Å². The van der Waals surface area contributed by atoms with Crippen molar-refractivity contribution in [2.45, 2.75) is 13.0 Å². The van der Waals surface area contributed by atoms with Gasteiger partial charge in [-0.05, 0) is 12.5 Å². The summed E-state index contributed by atoms with van der Waals surface area (Å²) >= 11 is 0. The highest BCUT2D eigenvalue weighted by Crippen LogP contribution is 2.23. The first-order valence-electron chi connectivity index (χ1n) is 6.55. The lowest BCUT2D eigenvalue weighted by molar-refractivity contribution is -0.145. The number of carbonyl (C=O) groups excluding carboxylic acids is 2. The van der Waals surface area contributed by atoms with E-state index in [0.29, 0.717) is 5.69 Å². The van der Waals surface area contributed by atoms with E-state index in [-0.39, 0.29) is 11.9 Å². The fourth-order valence-electron chi connectivity index (χ4n) is 2.08. The van der Waals surface area contributed by atoms with Gasteiger partial charge in [0.1, 0.15) is 5.69 Å². The highest BCUT2D eigenvalue weighted by atomic mass is 16.5. The Balaban J connectivity index is 2.24. The minimum absolute atomic E-state index is 0.322. The number of aromatic amines is 1. The molecule has 0 bridgehead atoms. The zero-order chi connectivity index (χ0) is 15.2. The number of nitrogens with zero attached hydrogens (tertiary/aromatic N) is 1. The molecular weight excluding hydrogens is 270 g/mol. The Labute approximate surface area is 122 Å². The van der Waals surface area contributed by atoms with Crippen LogP contribution in [0.5, 0.6) is 0 Å². The number of imidazole rings is 1. The Bertz CT molecular complexity index is 596. The van der Waals surface area contributed by atoms with Gasteiger partial charge in [-0.1, -0.05) is 30.3 Å². The van der Waals surface area contributed by atoms with Crippen LogP contribution in [0.25, 0.3) is 0 Å². The molecule has 1 aromatic heterocycles. The third-order valence-corrected chi connectivity index (χ3v) is 3.26. The molecule has 1 heterocycles. The lowest BCUT2D eigenvalue weighted by atomic mass is 9.94. The van der Waals surface area contributed by atoms with Crippen LogP contribution < -0.4 is 5.32 Å². The fraction of sp³-hybridized carbons (Fsp3) is 0.267. The van der Waals surface area contributed by atoms with Crippen molar-refractivity contribution in [1.82, 2.24) is 15.3 Å². The topological polar surface area (TPSA) is 84.1 Å². The predicted molar refractivity (Wildman–Crippen MR) is 76.4 cm³/mol. The Morgan fingerprint density at radius 3 is 2.57 bits per heavy atom. The molecule has 0 saturated heterocycles. The van der Waals surface area contributed by atoms with Crippen LogP contribution in [0.2, 0.25) is 0 Å². The minimum Gasteiger partial charge on any atom is -0.469 e. The molecule has 0 aliphatic heterocycles. The van der Waals surface area contributed by atoms with Crippen molar-refractivity contribution in [2.75, 3.05) is 7.11 Å². The first-order chi connectivity index (χ1) is 10.1. The third kappa shape index (κ3) is 3.47. The molecule has 0 aliphatic carbocycles. The quantitative estimate of drug-likeness (QED) is 0.820. The van der Waals surface area contributed by atoms with Crippen molar-refractivity contribution in [3.8, 4) is 0 Å². The summed E-state index contributed by atoms with van der Waals surface area (Å²) in [5.74, 6) is -1.21.